The summed E-state index contributed by atoms with van der Waals surface area (Å²) in [7, 11) is -3.90. The van der Waals surface area contributed by atoms with Crippen LogP contribution in [-0.4, -0.2) is 49.3 Å². The minimum atomic E-state index is -3.90. The van der Waals surface area contributed by atoms with Gasteiger partial charge < -0.3 is 19.9 Å². The van der Waals surface area contributed by atoms with Gasteiger partial charge >= 0.3 is 10.2 Å². The molecule has 2 aliphatic rings. The molecular formula is C34H30Cl2N6O3S. The Balaban J connectivity index is 1.17. The van der Waals surface area contributed by atoms with Crippen LogP contribution in [0, 0.1) is 0 Å². The number of aliphatic hydroxyl groups is 1. The monoisotopic (exact) mass is 672 g/mol. The Labute approximate surface area is 277 Å². The van der Waals surface area contributed by atoms with E-state index in [9.17, 15) is 13.5 Å². The van der Waals surface area contributed by atoms with Crippen LogP contribution in [0.5, 0.6) is 0 Å². The highest BCUT2D eigenvalue weighted by molar-refractivity contribution is 7.91. The third kappa shape index (κ3) is 6.17. The first-order valence-electron chi connectivity index (χ1n) is 14.8. The lowest BCUT2D eigenvalue weighted by atomic mass is 10.0. The van der Waals surface area contributed by atoms with Crippen molar-refractivity contribution in [2.24, 2.45) is 0 Å². The van der Waals surface area contributed by atoms with Crippen molar-refractivity contribution in [3.63, 3.8) is 0 Å². The predicted molar refractivity (Wildman–Crippen MR) is 184 cm³/mol. The number of hydrogen-bond donors (Lipinski definition) is 3. The number of aromatic nitrogens is 2. The molecule has 1 fully saturated rings. The van der Waals surface area contributed by atoms with Crippen molar-refractivity contribution in [2.45, 2.75) is 6.42 Å². The van der Waals surface area contributed by atoms with Crippen LogP contribution in [0.25, 0.3) is 28.1 Å². The van der Waals surface area contributed by atoms with Crippen LogP contribution >= 0.6 is 23.2 Å². The summed E-state index contributed by atoms with van der Waals surface area (Å²) in [5, 5.41) is 14.1. The molecule has 0 atom stereocenters. The molecule has 0 saturated carbocycles. The van der Waals surface area contributed by atoms with Crippen molar-refractivity contribution < 1.29 is 13.5 Å². The van der Waals surface area contributed by atoms with Crippen LogP contribution in [0.2, 0.25) is 10.0 Å². The zero-order chi connectivity index (χ0) is 31.8. The highest BCUT2D eigenvalue weighted by atomic mass is 35.5. The van der Waals surface area contributed by atoms with Crippen LogP contribution in [0.4, 0.5) is 11.4 Å². The molecule has 2 aliphatic heterocycles. The summed E-state index contributed by atoms with van der Waals surface area (Å²) in [6.45, 7) is 4.04. The molecule has 3 heterocycles. The van der Waals surface area contributed by atoms with Crippen LogP contribution < -0.4 is 19.2 Å². The van der Waals surface area contributed by atoms with E-state index in [-0.39, 0.29) is 0 Å². The lowest BCUT2D eigenvalue weighted by Gasteiger charge is -2.29. The molecule has 234 valence electrons. The van der Waals surface area contributed by atoms with Gasteiger partial charge in [0.05, 0.1) is 22.6 Å². The van der Waals surface area contributed by atoms with Crippen LogP contribution in [0.1, 0.15) is 11.4 Å². The molecule has 0 aliphatic carbocycles. The Kier molecular flexibility index (Phi) is 8.12. The van der Waals surface area contributed by atoms with Gasteiger partial charge in [0.2, 0.25) is 5.88 Å². The Hall–Kier alpha value is -4.48. The van der Waals surface area contributed by atoms with Crippen molar-refractivity contribution in [3.05, 3.63) is 131 Å². The number of rotatable bonds is 7. The second-order valence-electron chi connectivity index (χ2n) is 11.1. The molecule has 0 radical (unpaired) electrons. The minimum absolute atomic E-state index is 0.375. The molecule has 0 spiro atoms. The first-order chi connectivity index (χ1) is 22.2. The van der Waals surface area contributed by atoms with E-state index in [4.69, 9.17) is 28.2 Å². The normalized spacial score (nSPS) is 15.9. The lowest BCUT2D eigenvalue weighted by Crippen LogP contribution is -2.43. The van der Waals surface area contributed by atoms with E-state index in [1.807, 2.05) is 16.8 Å². The van der Waals surface area contributed by atoms with E-state index in [2.05, 4.69) is 63.5 Å². The Bertz CT molecular complexity index is 2020. The maximum atomic E-state index is 12.4. The zero-order valence-corrected chi connectivity index (χ0v) is 26.9. The van der Waals surface area contributed by atoms with E-state index in [0.29, 0.717) is 27.8 Å². The SMILES string of the molecule is O=S1(=O)NC(O)=CN1c1ccc(-n2cc(-c3ccc(Cl)cc3Cl)nc2Cc2ccc(-c3ccc(N4CCNCC4)cc3)cc2)cc1. The first-order valence-corrected chi connectivity index (χ1v) is 17.0. The van der Waals surface area contributed by atoms with E-state index in [1.54, 1.807) is 36.4 Å². The zero-order valence-electron chi connectivity index (χ0n) is 24.6. The number of benzene rings is 4. The average molecular weight is 674 g/mol. The molecule has 5 aromatic rings. The van der Waals surface area contributed by atoms with Crippen molar-refractivity contribution in [1.29, 1.82) is 0 Å². The predicted octanol–water partition coefficient (Wildman–Crippen LogP) is 6.52. The molecule has 3 N–H and O–H groups in total. The number of hydrogen-bond acceptors (Lipinski definition) is 6. The van der Waals surface area contributed by atoms with Crippen LogP contribution in [0.3, 0.4) is 0 Å². The van der Waals surface area contributed by atoms with Gasteiger partial charge in [0.1, 0.15) is 5.82 Å². The maximum Gasteiger partial charge on any atom is 0.330 e. The quantitative estimate of drug-likeness (QED) is 0.182. The molecule has 0 unspecified atom stereocenters. The van der Waals surface area contributed by atoms with Gasteiger partial charge in [-0.3, -0.25) is 0 Å². The number of nitrogens with one attached hydrogen (secondary N) is 2. The Morgan fingerprint density at radius 1 is 0.804 bits per heavy atom. The summed E-state index contributed by atoms with van der Waals surface area (Å²) in [6.07, 6.45) is 3.57. The van der Waals surface area contributed by atoms with Gasteiger partial charge in [-0.1, -0.05) is 59.6 Å². The van der Waals surface area contributed by atoms with E-state index < -0.39 is 16.1 Å². The van der Waals surface area contributed by atoms with Crippen molar-refractivity contribution in [3.8, 4) is 28.1 Å². The van der Waals surface area contributed by atoms with Crippen LogP contribution in [0.15, 0.2) is 109 Å². The van der Waals surface area contributed by atoms with Gasteiger partial charge in [0, 0.05) is 60.8 Å². The van der Waals surface area contributed by atoms with Gasteiger partial charge in [0.25, 0.3) is 0 Å². The number of imidazole rings is 1. The summed E-state index contributed by atoms with van der Waals surface area (Å²) in [5.41, 5.74) is 7.19. The largest absolute Gasteiger partial charge is 0.493 e. The Morgan fingerprint density at radius 3 is 2.07 bits per heavy atom. The van der Waals surface area contributed by atoms with E-state index >= 15 is 0 Å². The van der Waals surface area contributed by atoms with Gasteiger partial charge in [-0.15, -0.1) is 0 Å². The van der Waals surface area contributed by atoms with Gasteiger partial charge in [-0.2, -0.15) is 8.42 Å². The molecule has 12 heteroatoms. The molecular weight excluding hydrogens is 643 g/mol. The Morgan fingerprint density at radius 2 is 1.43 bits per heavy atom. The third-order valence-electron chi connectivity index (χ3n) is 8.10. The van der Waals surface area contributed by atoms with Crippen LogP contribution in [-0.2, 0) is 16.6 Å². The molecule has 4 aromatic carbocycles. The summed E-state index contributed by atoms with van der Waals surface area (Å²) in [6, 6.07) is 29.5. The minimum Gasteiger partial charge on any atom is -0.493 e. The highest BCUT2D eigenvalue weighted by Gasteiger charge is 2.28. The lowest BCUT2D eigenvalue weighted by molar-refractivity contribution is 0.392. The molecule has 0 bridgehead atoms. The molecule has 0 amide bonds. The van der Waals surface area contributed by atoms with Gasteiger partial charge in [-0.25, -0.2) is 14.0 Å². The second-order valence-corrected chi connectivity index (χ2v) is 13.5. The number of aliphatic hydroxyl groups excluding tert-OH is 1. The fraction of sp³-hybridized carbons (Fsp3) is 0.147. The molecule has 46 heavy (non-hydrogen) atoms. The average Bonchev–Trinajstić information content (AvgIpc) is 3.60. The van der Waals surface area contributed by atoms with Crippen molar-refractivity contribution in [1.82, 2.24) is 19.6 Å². The fourth-order valence-corrected chi connectivity index (χ4v) is 7.30. The third-order valence-corrected chi connectivity index (χ3v) is 9.95. The molecule has 1 aromatic heterocycles. The number of anilines is 2. The summed E-state index contributed by atoms with van der Waals surface area (Å²) >= 11 is 12.7. The standard InChI is InChI=1S/C34H30Cl2N6O3S/c35-26-7-14-30(31(36)20-26)32-21-41(28-10-12-29(13-11-28)42-22-34(43)39-46(42,44)45)33(38-32)19-23-1-3-24(4-2-23)25-5-8-27(9-6-25)40-17-15-37-16-18-40/h1-14,20-22,37,39,43H,15-19H2. The fourth-order valence-electron chi connectivity index (χ4n) is 5.74. The smallest absolute Gasteiger partial charge is 0.330 e. The van der Waals surface area contributed by atoms with Gasteiger partial charge in [0.15, 0.2) is 0 Å². The molecule has 7 rings (SSSR count). The summed E-state index contributed by atoms with van der Waals surface area (Å²) in [4.78, 5) is 7.38. The summed E-state index contributed by atoms with van der Waals surface area (Å²) < 4.78 is 29.7. The maximum absolute atomic E-state index is 12.4. The second kappa shape index (κ2) is 12.4. The topological polar surface area (TPSA) is 103 Å². The van der Waals surface area contributed by atoms with Crippen molar-refractivity contribution >= 4 is 44.8 Å². The highest BCUT2D eigenvalue weighted by Crippen LogP contribution is 2.32. The number of piperazine rings is 1. The first kappa shape index (κ1) is 30.2. The molecule has 1 saturated heterocycles. The number of halogens is 2. The number of nitrogens with zero attached hydrogens (tertiary/aromatic N) is 4. The van der Waals surface area contributed by atoms with Crippen molar-refractivity contribution in [2.75, 3.05) is 35.4 Å². The van der Waals surface area contributed by atoms with E-state index in [1.165, 1.54) is 5.69 Å². The van der Waals surface area contributed by atoms with E-state index in [0.717, 1.165) is 70.4 Å². The summed E-state index contributed by atoms with van der Waals surface area (Å²) in [5.74, 6) is 0.332. The molecule has 9 nitrogen and oxygen atoms in total. The van der Waals surface area contributed by atoms with Gasteiger partial charge in [-0.05, 0) is 71.3 Å².